The number of hydrogen-bond donors (Lipinski definition) is 0. The Bertz CT molecular complexity index is 944. The van der Waals surface area contributed by atoms with Crippen LogP contribution >= 0.6 is 15.9 Å². The maximum Gasteiger partial charge on any atom is 0.290 e. The fourth-order valence-corrected chi connectivity index (χ4v) is 3.69. The van der Waals surface area contributed by atoms with Gasteiger partial charge >= 0.3 is 0 Å². The van der Waals surface area contributed by atoms with Gasteiger partial charge in [-0.3, -0.25) is 4.79 Å². The number of furan rings is 1. The average molecular weight is 416 g/mol. The summed E-state index contributed by atoms with van der Waals surface area (Å²) in [5.41, 5.74) is 3.15. The molecule has 1 atom stereocenters. The van der Waals surface area contributed by atoms with E-state index in [1.165, 1.54) is 4.80 Å². The van der Waals surface area contributed by atoms with Gasteiger partial charge in [-0.25, -0.2) is 0 Å². The SMILES string of the molecule is Cc1cc(C)cc(-n2nnc(C3CCCN3C(=O)c3ccc(Br)o3)n2)c1. The molecule has 1 aromatic carbocycles. The number of carbonyl (C=O) groups is 1. The smallest absolute Gasteiger partial charge is 0.290 e. The monoisotopic (exact) mass is 415 g/mol. The molecule has 3 heterocycles. The zero-order chi connectivity index (χ0) is 18.3. The third kappa shape index (κ3) is 3.16. The van der Waals surface area contributed by atoms with E-state index >= 15 is 0 Å². The highest BCUT2D eigenvalue weighted by atomic mass is 79.9. The quantitative estimate of drug-likeness (QED) is 0.652. The van der Waals surface area contributed by atoms with Gasteiger partial charge in [0, 0.05) is 6.54 Å². The molecule has 1 saturated heterocycles. The molecule has 1 amide bonds. The van der Waals surface area contributed by atoms with Crippen LogP contribution in [0.15, 0.2) is 39.4 Å². The molecule has 3 aromatic rings. The Morgan fingerprint density at radius 1 is 1.23 bits per heavy atom. The van der Waals surface area contributed by atoms with Crippen molar-refractivity contribution >= 4 is 21.8 Å². The van der Waals surface area contributed by atoms with Gasteiger partial charge in [-0.05, 0) is 83.2 Å². The van der Waals surface area contributed by atoms with Gasteiger partial charge in [0.1, 0.15) is 0 Å². The lowest BCUT2D eigenvalue weighted by molar-refractivity contribution is 0.0696. The van der Waals surface area contributed by atoms with Gasteiger partial charge in [-0.15, -0.1) is 15.0 Å². The van der Waals surface area contributed by atoms with Crippen molar-refractivity contribution in [3.63, 3.8) is 0 Å². The van der Waals surface area contributed by atoms with E-state index in [0.717, 1.165) is 29.7 Å². The molecule has 7 nitrogen and oxygen atoms in total. The second-order valence-corrected chi connectivity index (χ2v) is 7.32. The molecule has 134 valence electrons. The van der Waals surface area contributed by atoms with Crippen LogP contribution in [0.5, 0.6) is 0 Å². The number of nitrogens with zero attached hydrogens (tertiary/aromatic N) is 5. The average Bonchev–Trinajstić information content (AvgIpc) is 3.33. The zero-order valence-corrected chi connectivity index (χ0v) is 16.1. The summed E-state index contributed by atoms with van der Waals surface area (Å²) in [4.78, 5) is 16.0. The molecule has 0 spiro atoms. The van der Waals surface area contributed by atoms with Gasteiger partial charge in [0.25, 0.3) is 5.91 Å². The summed E-state index contributed by atoms with van der Waals surface area (Å²) in [6, 6.07) is 9.31. The number of aryl methyl sites for hydroxylation is 2. The lowest BCUT2D eigenvalue weighted by Crippen LogP contribution is -2.30. The lowest BCUT2D eigenvalue weighted by atomic mass is 10.1. The minimum absolute atomic E-state index is 0.152. The minimum Gasteiger partial charge on any atom is -0.444 e. The normalized spacial score (nSPS) is 17.0. The molecule has 26 heavy (non-hydrogen) atoms. The number of rotatable bonds is 3. The first-order valence-electron chi connectivity index (χ1n) is 8.46. The van der Waals surface area contributed by atoms with Gasteiger partial charge in [0.05, 0.1) is 11.7 Å². The summed E-state index contributed by atoms with van der Waals surface area (Å²) >= 11 is 3.23. The number of amides is 1. The Morgan fingerprint density at radius 3 is 2.69 bits per heavy atom. The summed E-state index contributed by atoms with van der Waals surface area (Å²) in [6.07, 6.45) is 1.71. The summed E-state index contributed by atoms with van der Waals surface area (Å²) < 4.78 is 5.94. The van der Waals surface area contributed by atoms with E-state index in [1.54, 1.807) is 17.0 Å². The molecular weight excluding hydrogens is 398 g/mol. The number of benzene rings is 1. The number of carbonyl (C=O) groups excluding carboxylic acids is 1. The third-order valence-electron chi connectivity index (χ3n) is 4.46. The molecule has 0 saturated carbocycles. The Labute approximate surface area is 159 Å². The van der Waals surface area contributed by atoms with Crippen molar-refractivity contribution in [3.8, 4) is 5.69 Å². The molecule has 0 aliphatic carbocycles. The summed E-state index contributed by atoms with van der Waals surface area (Å²) in [5.74, 6) is 0.715. The van der Waals surface area contributed by atoms with E-state index < -0.39 is 0 Å². The third-order valence-corrected chi connectivity index (χ3v) is 4.89. The second kappa shape index (κ2) is 6.68. The minimum atomic E-state index is -0.189. The molecule has 8 heteroatoms. The highest BCUT2D eigenvalue weighted by Crippen LogP contribution is 2.31. The Morgan fingerprint density at radius 2 is 2.00 bits per heavy atom. The molecule has 1 fully saturated rings. The highest BCUT2D eigenvalue weighted by Gasteiger charge is 2.35. The number of aromatic nitrogens is 4. The van der Waals surface area contributed by atoms with E-state index in [1.807, 2.05) is 26.0 Å². The first kappa shape index (κ1) is 17.0. The summed E-state index contributed by atoms with van der Waals surface area (Å²) in [6.45, 7) is 4.72. The van der Waals surface area contributed by atoms with Crippen molar-refractivity contribution in [2.75, 3.05) is 6.54 Å². The maximum atomic E-state index is 12.7. The number of likely N-dealkylation sites (tertiary alicyclic amines) is 1. The largest absolute Gasteiger partial charge is 0.444 e. The molecular formula is C18H18BrN5O2. The number of hydrogen-bond acceptors (Lipinski definition) is 5. The predicted molar refractivity (Wildman–Crippen MR) is 98.0 cm³/mol. The standard InChI is InChI=1S/C18H18BrN5O2/c1-11-8-12(2)10-13(9-11)24-21-17(20-22-24)14-4-3-7-23(14)18(25)15-5-6-16(19)26-15/h5-6,8-10,14H,3-4,7H2,1-2H3. The van der Waals surface area contributed by atoms with Crippen molar-refractivity contribution in [3.05, 3.63) is 57.7 Å². The van der Waals surface area contributed by atoms with E-state index in [4.69, 9.17) is 4.42 Å². The number of tetrazole rings is 1. The van der Waals surface area contributed by atoms with Crippen LogP contribution in [0, 0.1) is 13.8 Å². The van der Waals surface area contributed by atoms with Gasteiger partial charge in [-0.2, -0.15) is 0 Å². The summed E-state index contributed by atoms with van der Waals surface area (Å²) in [5, 5.41) is 12.9. The van der Waals surface area contributed by atoms with Crippen LogP contribution in [0.4, 0.5) is 0 Å². The first-order valence-corrected chi connectivity index (χ1v) is 9.25. The van der Waals surface area contributed by atoms with Crippen LogP contribution in [0.1, 0.15) is 46.4 Å². The molecule has 1 unspecified atom stereocenters. The van der Waals surface area contributed by atoms with E-state index in [0.29, 0.717) is 22.8 Å². The topological polar surface area (TPSA) is 77.0 Å². The van der Waals surface area contributed by atoms with Crippen molar-refractivity contribution in [2.24, 2.45) is 0 Å². The molecule has 0 N–H and O–H groups in total. The highest BCUT2D eigenvalue weighted by molar-refractivity contribution is 9.10. The van der Waals surface area contributed by atoms with Crippen molar-refractivity contribution in [1.82, 2.24) is 25.1 Å². The van der Waals surface area contributed by atoms with E-state index in [2.05, 4.69) is 37.4 Å². The Balaban J connectivity index is 1.61. The van der Waals surface area contributed by atoms with Crippen molar-refractivity contribution < 1.29 is 9.21 Å². The lowest BCUT2D eigenvalue weighted by Gasteiger charge is -2.20. The van der Waals surface area contributed by atoms with Crippen molar-refractivity contribution in [2.45, 2.75) is 32.7 Å². The Hall–Kier alpha value is -2.48. The molecule has 2 aromatic heterocycles. The fraction of sp³-hybridized carbons (Fsp3) is 0.333. The van der Waals surface area contributed by atoms with Crippen LogP contribution in [-0.2, 0) is 0 Å². The molecule has 4 rings (SSSR count). The molecule has 1 aliphatic heterocycles. The van der Waals surface area contributed by atoms with Gasteiger partial charge in [-0.1, -0.05) is 6.07 Å². The van der Waals surface area contributed by atoms with Crippen LogP contribution < -0.4 is 0 Å². The van der Waals surface area contributed by atoms with Crippen LogP contribution in [0.2, 0.25) is 0 Å². The maximum absolute atomic E-state index is 12.7. The first-order chi connectivity index (χ1) is 12.5. The van der Waals surface area contributed by atoms with Crippen LogP contribution in [0.3, 0.4) is 0 Å². The molecule has 0 radical (unpaired) electrons. The second-order valence-electron chi connectivity index (χ2n) is 6.54. The molecule has 1 aliphatic rings. The van der Waals surface area contributed by atoms with Crippen molar-refractivity contribution in [1.29, 1.82) is 0 Å². The van der Waals surface area contributed by atoms with Gasteiger partial charge in [0.2, 0.25) is 0 Å². The van der Waals surface area contributed by atoms with E-state index in [9.17, 15) is 4.79 Å². The number of halogens is 1. The Kier molecular flexibility index (Phi) is 4.36. The fourth-order valence-electron chi connectivity index (χ4n) is 3.38. The molecule has 0 bridgehead atoms. The zero-order valence-electron chi connectivity index (χ0n) is 14.5. The van der Waals surface area contributed by atoms with Crippen LogP contribution in [0.25, 0.3) is 5.69 Å². The summed E-state index contributed by atoms with van der Waals surface area (Å²) in [7, 11) is 0. The van der Waals surface area contributed by atoms with Gasteiger partial charge in [0.15, 0.2) is 16.3 Å². The van der Waals surface area contributed by atoms with Crippen LogP contribution in [-0.4, -0.2) is 37.6 Å². The van der Waals surface area contributed by atoms with Gasteiger partial charge < -0.3 is 9.32 Å². The predicted octanol–water partition coefficient (Wildman–Crippen LogP) is 3.61. The van der Waals surface area contributed by atoms with E-state index in [-0.39, 0.29) is 11.9 Å².